The van der Waals surface area contributed by atoms with Gasteiger partial charge in [0.05, 0.1) is 0 Å². The smallest absolute Gasteiger partial charge is 0.0396 e. The van der Waals surface area contributed by atoms with Crippen molar-refractivity contribution in [1.29, 1.82) is 0 Å². The molecule has 0 aliphatic heterocycles. The summed E-state index contributed by atoms with van der Waals surface area (Å²) in [5.74, 6) is 0. The number of rotatable bonds is 4. The number of unbranched alkanes of at least 4 members (excludes halogenated alkanes) is 1. The average molecular weight is 178 g/mol. The molecule has 0 aliphatic carbocycles. The van der Waals surface area contributed by atoms with Gasteiger partial charge in [-0.2, -0.15) is 0 Å². The first-order valence-electron chi connectivity index (χ1n) is 4.91. The van der Waals surface area contributed by atoms with E-state index >= 15 is 0 Å². The number of nitrogens with zero attached hydrogens (tertiary/aromatic N) is 1. The predicted octanol–water partition coefficient (Wildman–Crippen LogP) is 2.91. The fourth-order valence-corrected chi connectivity index (χ4v) is 1.35. The third kappa shape index (κ3) is 3.45. The van der Waals surface area contributed by atoms with Crippen molar-refractivity contribution in [3.8, 4) is 0 Å². The fraction of sp³-hybridized carbons (Fsp3) is 0.545. The molecule has 0 saturated carbocycles. The van der Waals surface area contributed by atoms with Crippen LogP contribution in [-0.2, 0) is 0 Å². The minimum atomic E-state index is 1.05. The van der Waals surface area contributed by atoms with Gasteiger partial charge in [0, 0.05) is 23.6 Å². The number of nitrogens with one attached hydrogen (secondary N) is 1. The number of aryl methyl sites for hydroxylation is 2. The second-order valence-electron chi connectivity index (χ2n) is 3.42. The Hall–Kier alpha value is -1.05. The monoisotopic (exact) mass is 178 g/mol. The lowest BCUT2D eigenvalue weighted by atomic mass is 10.2. The summed E-state index contributed by atoms with van der Waals surface area (Å²) in [6, 6.07) is 4.17. The van der Waals surface area contributed by atoms with Gasteiger partial charge < -0.3 is 5.32 Å². The highest BCUT2D eigenvalue weighted by Crippen LogP contribution is 2.10. The molecule has 0 spiro atoms. The highest BCUT2D eigenvalue weighted by molar-refractivity contribution is 5.44. The van der Waals surface area contributed by atoms with Crippen molar-refractivity contribution in [2.75, 3.05) is 11.9 Å². The molecular formula is C11H18N2. The third-order valence-electron chi connectivity index (χ3n) is 1.94. The zero-order chi connectivity index (χ0) is 9.68. The summed E-state index contributed by atoms with van der Waals surface area (Å²) >= 11 is 0. The summed E-state index contributed by atoms with van der Waals surface area (Å²) in [5, 5.41) is 3.39. The SMILES string of the molecule is CCCCNc1cc(C)nc(C)c1. The van der Waals surface area contributed by atoms with Crippen LogP contribution in [0.3, 0.4) is 0 Å². The number of hydrogen-bond donors (Lipinski definition) is 1. The Balaban J connectivity index is 2.56. The minimum absolute atomic E-state index is 1.05. The first kappa shape index (κ1) is 10.0. The first-order valence-corrected chi connectivity index (χ1v) is 4.91. The second kappa shape index (κ2) is 4.85. The largest absolute Gasteiger partial charge is 0.385 e. The predicted molar refractivity (Wildman–Crippen MR) is 57.1 cm³/mol. The summed E-state index contributed by atoms with van der Waals surface area (Å²) < 4.78 is 0. The third-order valence-corrected chi connectivity index (χ3v) is 1.94. The average Bonchev–Trinajstić information content (AvgIpc) is 2.03. The molecule has 0 aliphatic rings. The fourth-order valence-electron chi connectivity index (χ4n) is 1.35. The molecule has 0 amide bonds. The van der Waals surface area contributed by atoms with Crippen LogP contribution in [0.4, 0.5) is 5.69 Å². The van der Waals surface area contributed by atoms with E-state index in [4.69, 9.17) is 0 Å². The standard InChI is InChI=1S/C11H18N2/c1-4-5-6-12-11-7-9(2)13-10(3)8-11/h7-8H,4-6H2,1-3H3,(H,12,13). The van der Waals surface area contributed by atoms with Gasteiger partial charge in [0.2, 0.25) is 0 Å². The molecule has 13 heavy (non-hydrogen) atoms. The van der Waals surface area contributed by atoms with Crippen LogP contribution in [0, 0.1) is 13.8 Å². The van der Waals surface area contributed by atoms with Crippen LogP contribution in [-0.4, -0.2) is 11.5 Å². The zero-order valence-corrected chi connectivity index (χ0v) is 8.72. The van der Waals surface area contributed by atoms with Crippen molar-refractivity contribution in [1.82, 2.24) is 4.98 Å². The maximum Gasteiger partial charge on any atom is 0.0396 e. The van der Waals surface area contributed by atoms with Crippen molar-refractivity contribution in [2.24, 2.45) is 0 Å². The van der Waals surface area contributed by atoms with Gasteiger partial charge in [0.15, 0.2) is 0 Å². The molecular weight excluding hydrogens is 160 g/mol. The van der Waals surface area contributed by atoms with Gasteiger partial charge in [-0.1, -0.05) is 13.3 Å². The van der Waals surface area contributed by atoms with Crippen LogP contribution in [0.5, 0.6) is 0 Å². The van der Waals surface area contributed by atoms with Gasteiger partial charge in [-0.15, -0.1) is 0 Å². The van der Waals surface area contributed by atoms with E-state index in [2.05, 4.69) is 29.4 Å². The van der Waals surface area contributed by atoms with E-state index in [0.29, 0.717) is 0 Å². The Morgan fingerprint density at radius 1 is 1.23 bits per heavy atom. The Morgan fingerprint density at radius 3 is 2.38 bits per heavy atom. The van der Waals surface area contributed by atoms with E-state index in [1.165, 1.54) is 18.5 Å². The Morgan fingerprint density at radius 2 is 1.85 bits per heavy atom. The molecule has 1 aromatic heterocycles. The molecule has 0 aromatic carbocycles. The topological polar surface area (TPSA) is 24.9 Å². The molecule has 0 fully saturated rings. The Kier molecular flexibility index (Phi) is 3.74. The zero-order valence-electron chi connectivity index (χ0n) is 8.72. The van der Waals surface area contributed by atoms with Crippen molar-refractivity contribution >= 4 is 5.69 Å². The van der Waals surface area contributed by atoms with Gasteiger partial charge in [-0.05, 0) is 32.4 Å². The second-order valence-corrected chi connectivity index (χ2v) is 3.42. The van der Waals surface area contributed by atoms with Gasteiger partial charge in [-0.25, -0.2) is 0 Å². The number of aromatic nitrogens is 1. The van der Waals surface area contributed by atoms with Crippen LogP contribution >= 0.6 is 0 Å². The number of hydrogen-bond acceptors (Lipinski definition) is 2. The molecule has 0 radical (unpaired) electrons. The maximum absolute atomic E-state index is 4.32. The molecule has 0 saturated heterocycles. The van der Waals surface area contributed by atoms with Crippen LogP contribution in [0.2, 0.25) is 0 Å². The molecule has 1 rings (SSSR count). The van der Waals surface area contributed by atoms with Gasteiger partial charge >= 0.3 is 0 Å². The van der Waals surface area contributed by atoms with Gasteiger partial charge in [0.25, 0.3) is 0 Å². The summed E-state index contributed by atoms with van der Waals surface area (Å²) in [7, 11) is 0. The van der Waals surface area contributed by atoms with Gasteiger partial charge in [-0.3, -0.25) is 4.98 Å². The molecule has 2 nitrogen and oxygen atoms in total. The summed E-state index contributed by atoms with van der Waals surface area (Å²) in [5.41, 5.74) is 3.36. The van der Waals surface area contributed by atoms with Crippen molar-refractivity contribution in [2.45, 2.75) is 33.6 Å². The molecule has 0 unspecified atom stereocenters. The first-order chi connectivity index (χ1) is 6.22. The van der Waals surface area contributed by atoms with Crippen molar-refractivity contribution in [3.63, 3.8) is 0 Å². The van der Waals surface area contributed by atoms with Crippen LogP contribution in [0.25, 0.3) is 0 Å². The van der Waals surface area contributed by atoms with E-state index in [0.717, 1.165) is 17.9 Å². The summed E-state index contributed by atoms with van der Waals surface area (Å²) in [6.07, 6.45) is 2.45. The molecule has 72 valence electrons. The normalized spacial score (nSPS) is 10.1. The van der Waals surface area contributed by atoms with Crippen molar-refractivity contribution in [3.05, 3.63) is 23.5 Å². The molecule has 0 bridgehead atoms. The lowest BCUT2D eigenvalue weighted by molar-refractivity contribution is 0.833. The Labute approximate surface area is 80.4 Å². The summed E-state index contributed by atoms with van der Waals surface area (Å²) in [6.45, 7) is 7.31. The van der Waals surface area contributed by atoms with Crippen LogP contribution in [0.15, 0.2) is 12.1 Å². The molecule has 0 atom stereocenters. The van der Waals surface area contributed by atoms with E-state index in [1.54, 1.807) is 0 Å². The molecule has 1 N–H and O–H groups in total. The van der Waals surface area contributed by atoms with E-state index in [9.17, 15) is 0 Å². The summed E-state index contributed by atoms with van der Waals surface area (Å²) in [4.78, 5) is 4.32. The molecule has 2 heteroatoms. The maximum atomic E-state index is 4.32. The van der Waals surface area contributed by atoms with Gasteiger partial charge in [0.1, 0.15) is 0 Å². The lowest BCUT2D eigenvalue weighted by Crippen LogP contribution is -2.02. The van der Waals surface area contributed by atoms with E-state index < -0.39 is 0 Å². The van der Waals surface area contributed by atoms with E-state index in [1.807, 2.05) is 13.8 Å². The highest BCUT2D eigenvalue weighted by atomic mass is 14.9. The minimum Gasteiger partial charge on any atom is -0.385 e. The quantitative estimate of drug-likeness (QED) is 0.717. The number of pyridine rings is 1. The van der Waals surface area contributed by atoms with Crippen molar-refractivity contribution < 1.29 is 0 Å². The number of anilines is 1. The molecule has 1 aromatic rings. The highest BCUT2D eigenvalue weighted by Gasteiger charge is 1.95. The van der Waals surface area contributed by atoms with Crippen LogP contribution < -0.4 is 5.32 Å². The Bertz CT molecular complexity index is 249. The lowest BCUT2D eigenvalue weighted by Gasteiger charge is -2.06. The molecule has 1 heterocycles. The van der Waals surface area contributed by atoms with Crippen LogP contribution in [0.1, 0.15) is 31.2 Å². The van der Waals surface area contributed by atoms with E-state index in [-0.39, 0.29) is 0 Å².